The fourth-order valence-corrected chi connectivity index (χ4v) is 3.27. The summed E-state index contributed by atoms with van der Waals surface area (Å²) in [5, 5.41) is 3.13. The topological polar surface area (TPSA) is 69.7 Å². The predicted octanol–water partition coefficient (Wildman–Crippen LogP) is 1.85. The van der Waals surface area contributed by atoms with Crippen LogP contribution < -0.4 is 10.1 Å². The Bertz CT molecular complexity index is 551. The first-order valence-corrected chi connectivity index (χ1v) is 8.22. The Labute approximate surface area is 136 Å². The van der Waals surface area contributed by atoms with Crippen molar-refractivity contribution in [2.24, 2.45) is 5.92 Å². The summed E-state index contributed by atoms with van der Waals surface area (Å²) in [4.78, 5) is 16.6. The van der Waals surface area contributed by atoms with Gasteiger partial charge in [-0.05, 0) is 36.8 Å². The van der Waals surface area contributed by atoms with Gasteiger partial charge in [0.1, 0.15) is 12.2 Å². The summed E-state index contributed by atoms with van der Waals surface area (Å²) in [6, 6.07) is 3.72. The standard InChI is InChI=1S/C17H24N2O4/c1-11-6-9-23-15(11)17(20)19-13-4-3-8-22-16(13)12-5-7-18-14(10-12)21-2/h5,7,10-11,13,15-16H,3-4,6,8-9H2,1-2H3,(H,19,20)/t11-,13-,15+,16+/m0/s1. The van der Waals surface area contributed by atoms with Gasteiger partial charge in [0.2, 0.25) is 11.8 Å². The molecule has 0 bridgehead atoms. The number of carbonyl (C=O) groups is 1. The molecule has 0 radical (unpaired) electrons. The molecular weight excluding hydrogens is 296 g/mol. The third kappa shape index (κ3) is 3.64. The van der Waals surface area contributed by atoms with Gasteiger partial charge in [-0.25, -0.2) is 4.98 Å². The van der Waals surface area contributed by atoms with E-state index in [1.54, 1.807) is 13.3 Å². The summed E-state index contributed by atoms with van der Waals surface area (Å²) >= 11 is 0. The molecule has 6 nitrogen and oxygen atoms in total. The first kappa shape index (κ1) is 16.2. The Balaban J connectivity index is 1.72. The molecule has 2 aliphatic heterocycles. The fourth-order valence-electron chi connectivity index (χ4n) is 3.27. The van der Waals surface area contributed by atoms with E-state index >= 15 is 0 Å². The van der Waals surface area contributed by atoms with E-state index in [9.17, 15) is 4.79 Å². The molecule has 23 heavy (non-hydrogen) atoms. The van der Waals surface area contributed by atoms with Crippen molar-refractivity contribution in [1.29, 1.82) is 0 Å². The summed E-state index contributed by atoms with van der Waals surface area (Å²) in [6.45, 7) is 3.41. The smallest absolute Gasteiger partial charge is 0.249 e. The number of hydrogen-bond acceptors (Lipinski definition) is 5. The maximum atomic E-state index is 12.5. The normalized spacial score (nSPS) is 30.9. The number of pyridine rings is 1. The molecule has 2 fully saturated rings. The lowest BCUT2D eigenvalue weighted by Gasteiger charge is -2.33. The minimum Gasteiger partial charge on any atom is -0.481 e. The minimum absolute atomic E-state index is 0.0310. The molecule has 0 aliphatic carbocycles. The number of hydrogen-bond donors (Lipinski definition) is 1. The molecule has 126 valence electrons. The van der Waals surface area contributed by atoms with Crippen LogP contribution in [0.5, 0.6) is 5.88 Å². The monoisotopic (exact) mass is 320 g/mol. The van der Waals surface area contributed by atoms with Crippen LogP contribution in [-0.4, -0.2) is 43.4 Å². The van der Waals surface area contributed by atoms with Crippen LogP contribution in [0.1, 0.15) is 37.9 Å². The van der Waals surface area contributed by atoms with Gasteiger partial charge in [0.25, 0.3) is 0 Å². The quantitative estimate of drug-likeness (QED) is 0.917. The highest BCUT2D eigenvalue weighted by atomic mass is 16.5. The lowest BCUT2D eigenvalue weighted by atomic mass is 9.95. The molecule has 2 saturated heterocycles. The van der Waals surface area contributed by atoms with Crippen LogP contribution in [-0.2, 0) is 14.3 Å². The molecule has 6 heteroatoms. The van der Waals surface area contributed by atoms with Crippen LogP contribution in [0.15, 0.2) is 18.3 Å². The molecule has 3 heterocycles. The highest BCUT2D eigenvalue weighted by Crippen LogP contribution is 2.30. The van der Waals surface area contributed by atoms with Crippen LogP contribution in [0, 0.1) is 5.92 Å². The summed E-state index contributed by atoms with van der Waals surface area (Å²) in [7, 11) is 1.59. The molecule has 4 atom stereocenters. The lowest BCUT2D eigenvalue weighted by molar-refractivity contribution is -0.134. The van der Waals surface area contributed by atoms with E-state index in [2.05, 4.69) is 17.2 Å². The first-order chi connectivity index (χ1) is 11.2. The fraction of sp³-hybridized carbons (Fsp3) is 0.647. The van der Waals surface area contributed by atoms with Gasteiger partial charge in [-0.3, -0.25) is 4.79 Å². The molecule has 0 unspecified atom stereocenters. The molecule has 1 N–H and O–H groups in total. The number of nitrogens with one attached hydrogen (secondary N) is 1. The van der Waals surface area contributed by atoms with Crippen molar-refractivity contribution in [2.75, 3.05) is 20.3 Å². The number of amides is 1. The van der Waals surface area contributed by atoms with Gasteiger partial charge in [-0.15, -0.1) is 0 Å². The van der Waals surface area contributed by atoms with Crippen LogP contribution in [0.25, 0.3) is 0 Å². The Morgan fingerprint density at radius 3 is 2.96 bits per heavy atom. The molecule has 0 saturated carbocycles. The Kier molecular flexibility index (Phi) is 5.13. The summed E-state index contributed by atoms with van der Waals surface area (Å²) < 4.78 is 16.7. The van der Waals surface area contributed by atoms with Gasteiger partial charge in [-0.2, -0.15) is 0 Å². The number of nitrogens with zero attached hydrogens (tertiary/aromatic N) is 1. The molecule has 1 aromatic heterocycles. The van der Waals surface area contributed by atoms with Crippen LogP contribution >= 0.6 is 0 Å². The number of methoxy groups -OCH3 is 1. The lowest BCUT2D eigenvalue weighted by Crippen LogP contribution is -2.47. The zero-order valence-corrected chi connectivity index (χ0v) is 13.7. The second kappa shape index (κ2) is 7.27. The Morgan fingerprint density at radius 2 is 2.22 bits per heavy atom. The van der Waals surface area contributed by atoms with Crippen molar-refractivity contribution in [3.05, 3.63) is 23.9 Å². The van der Waals surface area contributed by atoms with E-state index in [-0.39, 0.29) is 30.1 Å². The van der Waals surface area contributed by atoms with Crippen molar-refractivity contribution in [2.45, 2.75) is 44.4 Å². The SMILES string of the molecule is COc1cc([C@H]2OCCC[C@@H]2NC(=O)[C@@H]2OCC[C@@H]2C)ccn1. The number of aromatic nitrogens is 1. The predicted molar refractivity (Wildman–Crippen MR) is 84.2 cm³/mol. The summed E-state index contributed by atoms with van der Waals surface area (Å²) in [5.74, 6) is 0.782. The second-order valence-electron chi connectivity index (χ2n) is 6.24. The van der Waals surface area contributed by atoms with E-state index < -0.39 is 0 Å². The molecule has 0 aromatic carbocycles. The number of ether oxygens (including phenoxy) is 3. The third-order valence-corrected chi connectivity index (χ3v) is 4.59. The van der Waals surface area contributed by atoms with Crippen LogP contribution in [0.2, 0.25) is 0 Å². The largest absolute Gasteiger partial charge is 0.481 e. The average molecular weight is 320 g/mol. The van der Waals surface area contributed by atoms with Gasteiger partial charge in [0.15, 0.2) is 0 Å². The number of carbonyl (C=O) groups excluding carboxylic acids is 1. The van der Waals surface area contributed by atoms with Crippen molar-refractivity contribution < 1.29 is 19.0 Å². The Hall–Kier alpha value is -1.66. The highest BCUT2D eigenvalue weighted by molar-refractivity contribution is 5.81. The van der Waals surface area contributed by atoms with Crippen LogP contribution in [0.3, 0.4) is 0 Å². The third-order valence-electron chi connectivity index (χ3n) is 4.59. The van der Waals surface area contributed by atoms with E-state index in [1.807, 2.05) is 12.1 Å². The average Bonchev–Trinajstić information content (AvgIpc) is 3.01. The van der Waals surface area contributed by atoms with Crippen molar-refractivity contribution in [3.8, 4) is 5.88 Å². The maximum absolute atomic E-state index is 12.5. The van der Waals surface area contributed by atoms with Crippen molar-refractivity contribution in [3.63, 3.8) is 0 Å². The molecular formula is C17H24N2O4. The van der Waals surface area contributed by atoms with Crippen molar-refractivity contribution >= 4 is 5.91 Å². The number of rotatable bonds is 4. The van der Waals surface area contributed by atoms with E-state index in [0.29, 0.717) is 19.1 Å². The minimum atomic E-state index is -0.343. The van der Waals surface area contributed by atoms with Crippen LogP contribution in [0.4, 0.5) is 0 Å². The van der Waals surface area contributed by atoms with E-state index in [0.717, 1.165) is 24.8 Å². The zero-order valence-electron chi connectivity index (χ0n) is 13.7. The molecule has 0 spiro atoms. The van der Waals surface area contributed by atoms with Crippen molar-refractivity contribution in [1.82, 2.24) is 10.3 Å². The van der Waals surface area contributed by atoms with Gasteiger partial charge in [-0.1, -0.05) is 6.92 Å². The van der Waals surface area contributed by atoms with Gasteiger partial charge >= 0.3 is 0 Å². The molecule has 1 aromatic rings. The molecule has 3 rings (SSSR count). The molecule has 2 aliphatic rings. The summed E-state index contributed by atoms with van der Waals surface area (Å²) in [6.07, 6.45) is 3.94. The maximum Gasteiger partial charge on any atom is 0.249 e. The van der Waals surface area contributed by atoms with Gasteiger partial charge < -0.3 is 19.5 Å². The van der Waals surface area contributed by atoms with Gasteiger partial charge in [0, 0.05) is 25.5 Å². The van der Waals surface area contributed by atoms with E-state index in [4.69, 9.17) is 14.2 Å². The Morgan fingerprint density at radius 1 is 1.35 bits per heavy atom. The van der Waals surface area contributed by atoms with Gasteiger partial charge in [0.05, 0.1) is 13.2 Å². The zero-order chi connectivity index (χ0) is 16.2. The highest BCUT2D eigenvalue weighted by Gasteiger charge is 2.35. The first-order valence-electron chi connectivity index (χ1n) is 8.22. The van der Waals surface area contributed by atoms with E-state index in [1.165, 1.54) is 0 Å². The second-order valence-corrected chi connectivity index (χ2v) is 6.24. The molecule has 1 amide bonds. The summed E-state index contributed by atoms with van der Waals surface area (Å²) in [5.41, 5.74) is 0.974.